The van der Waals surface area contributed by atoms with Crippen molar-refractivity contribution in [1.29, 1.82) is 0 Å². The monoisotopic (exact) mass is 322 g/mol. The fourth-order valence-corrected chi connectivity index (χ4v) is 3.01. The van der Waals surface area contributed by atoms with Crippen molar-refractivity contribution in [2.45, 2.75) is 83.9 Å². The zero-order valence-electron chi connectivity index (χ0n) is 15.1. The molecule has 3 N–H and O–H groups in total. The first-order valence-electron chi connectivity index (χ1n) is 8.31. The Morgan fingerprint density at radius 3 is 2.48 bits per heavy atom. The Labute approximate surface area is 138 Å². The lowest BCUT2D eigenvalue weighted by atomic mass is 10.0. The average Bonchev–Trinajstić information content (AvgIpc) is 2.92. The van der Waals surface area contributed by atoms with Crippen LogP contribution in [0, 0.1) is 0 Å². The molecule has 0 aromatic carbocycles. The highest BCUT2D eigenvalue weighted by Gasteiger charge is 2.31. The Kier molecular flexibility index (Phi) is 4.64. The molecule has 1 aliphatic rings. The molecular formula is C17H30N4O2. The summed E-state index contributed by atoms with van der Waals surface area (Å²) in [5.74, 6) is 1.02. The molecule has 0 saturated heterocycles. The van der Waals surface area contributed by atoms with E-state index in [1.165, 1.54) is 0 Å². The molecule has 130 valence electrons. The second-order valence-corrected chi connectivity index (χ2v) is 8.43. The van der Waals surface area contributed by atoms with Crippen LogP contribution in [0.2, 0.25) is 0 Å². The van der Waals surface area contributed by atoms with Gasteiger partial charge in [0.25, 0.3) is 0 Å². The highest BCUT2D eigenvalue weighted by Crippen LogP contribution is 2.35. The number of amides is 1. The molecule has 0 bridgehead atoms. The minimum atomic E-state index is -0.470. The number of aromatic nitrogens is 2. The van der Waals surface area contributed by atoms with Gasteiger partial charge in [0.1, 0.15) is 11.4 Å². The highest BCUT2D eigenvalue weighted by atomic mass is 16.6. The van der Waals surface area contributed by atoms with Gasteiger partial charge in [0.2, 0.25) is 0 Å². The molecule has 1 saturated carbocycles. The maximum atomic E-state index is 11.9. The minimum Gasteiger partial charge on any atom is -0.444 e. The number of ether oxygens (including phenoxy) is 1. The normalized spacial score (nSPS) is 22.2. The van der Waals surface area contributed by atoms with Gasteiger partial charge in [-0.1, -0.05) is 0 Å². The van der Waals surface area contributed by atoms with Gasteiger partial charge in [-0.15, -0.1) is 0 Å². The number of hydrogen-bond acceptors (Lipinski definition) is 4. The third-order valence-corrected chi connectivity index (χ3v) is 3.96. The molecule has 1 fully saturated rings. The van der Waals surface area contributed by atoms with E-state index in [1.54, 1.807) is 0 Å². The molecular weight excluding hydrogens is 292 g/mol. The van der Waals surface area contributed by atoms with Crippen molar-refractivity contribution in [2.24, 2.45) is 0 Å². The van der Waals surface area contributed by atoms with Gasteiger partial charge in [0.15, 0.2) is 0 Å². The molecule has 1 amide bonds. The first-order chi connectivity index (χ1) is 10.5. The molecule has 1 heterocycles. The summed E-state index contributed by atoms with van der Waals surface area (Å²) in [4.78, 5) is 11.9. The lowest BCUT2D eigenvalue weighted by molar-refractivity contribution is 0.0505. The predicted octanol–water partition coefficient (Wildman–Crippen LogP) is 3.38. The zero-order valence-corrected chi connectivity index (χ0v) is 15.1. The molecule has 1 aliphatic carbocycles. The Balaban J connectivity index is 1.97. The van der Waals surface area contributed by atoms with E-state index in [0.717, 1.165) is 25.0 Å². The number of hydrogen-bond donors (Lipinski definition) is 2. The van der Waals surface area contributed by atoms with E-state index in [-0.39, 0.29) is 17.7 Å². The van der Waals surface area contributed by atoms with Crippen LogP contribution < -0.4 is 11.1 Å². The van der Waals surface area contributed by atoms with Gasteiger partial charge in [-0.3, -0.25) is 0 Å². The van der Waals surface area contributed by atoms with E-state index in [2.05, 4.69) is 31.2 Å². The number of nitrogens with one attached hydrogen (secondary N) is 1. The SMILES string of the molecule is CC(C)(C)OC(=O)N[C@@H]1CC[C@H](c2cc(N)n(C(C)(C)C)n2)C1. The fourth-order valence-electron chi connectivity index (χ4n) is 3.01. The third kappa shape index (κ3) is 4.62. The van der Waals surface area contributed by atoms with Crippen molar-refractivity contribution in [3.05, 3.63) is 11.8 Å². The molecule has 2 atom stereocenters. The minimum absolute atomic E-state index is 0.130. The molecule has 1 aromatic heterocycles. The van der Waals surface area contributed by atoms with Crippen LogP contribution in [0.3, 0.4) is 0 Å². The van der Waals surface area contributed by atoms with Crippen LogP contribution in [0.25, 0.3) is 0 Å². The first-order valence-corrected chi connectivity index (χ1v) is 8.31. The second-order valence-electron chi connectivity index (χ2n) is 8.43. The summed E-state index contributed by atoms with van der Waals surface area (Å²) in [6.07, 6.45) is 2.47. The van der Waals surface area contributed by atoms with Crippen molar-refractivity contribution in [2.75, 3.05) is 5.73 Å². The van der Waals surface area contributed by atoms with Gasteiger partial charge in [0, 0.05) is 18.0 Å². The number of carbonyl (C=O) groups is 1. The number of alkyl carbamates (subject to hydrolysis) is 1. The fraction of sp³-hybridized carbons (Fsp3) is 0.765. The van der Waals surface area contributed by atoms with Crippen LogP contribution in [-0.2, 0) is 10.3 Å². The van der Waals surface area contributed by atoms with E-state index < -0.39 is 5.60 Å². The van der Waals surface area contributed by atoms with Crippen molar-refractivity contribution in [3.8, 4) is 0 Å². The quantitative estimate of drug-likeness (QED) is 0.874. The lowest BCUT2D eigenvalue weighted by Gasteiger charge is -2.21. The topological polar surface area (TPSA) is 82.2 Å². The highest BCUT2D eigenvalue weighted by molar-refractivity contribution is 5.68. The Bertz CT molecular complexity index is 566. The van der Waals surface area contributed by atoms with Crippen molar-refractivity contribution in [1.82, 2.24) is 15.1 Å². The average molecular weight is 322 g/mol. The Morgan fingerprint density at radius 2 is 1.96 bits per heavy atom. The first kappa shape index (κ1) is 17.6. The number of nitrogens with two attached hydrogens (primary N) is 1. The van der Waals surface area contributed by atoms with Gasteiger partial charge >= 0.3 is 6.09 Å². The molecule has 2 rings (SSSR count). The summed E-state index contributed by atoms with van der Waals surface area (Å²) >= 11 is 0. The summed E-state index contributed by atoms with van der Waals surface area (Å²) in [6.45, 7) is 11.9. The van der Waals surface area contributed by atoms with E-state index in [0.29, 0.717) is 11.7 Å². The Morgan fingerprint density at radius 1 is 1.30 bits per heavy atom. The number of anilines is 1. The molecule has 0 aliphatic heterocycles. The van der Waals surface area contributed by atoms with Gasteiger partial charge in [-0.05, 0) is 60.8 Å². The standard InChI is InChI=1S/C17H30N4O2/c1-16(2,3)21-14(18)10-13(20-21)11-7-8-12(9-11)19-15(22)23-17(4,5)6/h10-12H,7-9,18H2,1-6H3,(H,19,22)/t11-,12+/m0/s1. The molecule has 6 heteroatoms. The van der Waals surface area contributed by atoms with Crippen molar-refractivity contribution < 1.29 is 9.53 Å². The maximum absolute atomic E-state index is 11.9. The van der Waals surface area contributed by atoms with Crippen molar-refractivity contribution in [3.63, 3.8) is 0 Å². The van der Waals surface area contributed by atoms with Crippen LogP contribution in [0.4, 0.5) is 10.6 Å². The number of rotatable bonds is 2. The zero-order chi connectivity index (χ0) is 17.4. The number of carbonyl (C=O) groups excluding carboxylic acids is 1. The smallest absolute Gasteiger partial charge is 0.407 e. The van der Waals surface area contributed by atoms with E-state index in [9.17, 15) is 4.79 Å². The van der Waals surface area contributed by atoms with Crippen LogP contribution >= 0.6 is 0 Å². The summed E-state index contributed by atoms with van der Waals surface area (Å²) in [5, 5.41) is 7.64. The van der Waals surface area contributed by atoms with Gasteiger partial charge in [-0.2, -0.15) is 5.10 Å². The number of nitrogens with zero attached hydrogens (tertiary/aromatic N) is 2. The van der Waals surface area contributed by atoms with E-state index >= 15 is 0 Å². The molecule has 0 radical (unpaired) electrons. The van der Waals surface area contributed by atoms with Gasteiger partial charge < -0.3 is 15.8 Å². The molecule has 0 spiro atoms. The summed E-state index contributed by atoms with van der Waals surface area (Å²) in [6, 6.07) is 2.10. The third-order valence-electron chi connectivity index (χ3n) is 3.96. The molecule has 23 heavy (non-hydrogen) atoms. The van der Waals surface area contributed by atoms with Crippen LogP contribution in [0.5, 0.6) is 0 Å². The summed E-state index contributed by atoms with van der Waals surface area (Å²) in [7, 11) is 0. The summed E-state index contributed by atoms with van der Waals surface area (Å²) in [5.41, 5.74) is 6.51. The molecule has 1 aromatic rings. The largest absolute Gasteiger partial charge is 0.444 e. The number of nitrogen functional groups attached to an aromatic ring is 1. The molecule has 6 nitrogen and oxygen atoms in total. The summed E-state index contributed by atoms with van der Waals surface area (Å²) < 4.78 is 7.19. The molecule has 0 unspecified atom stereocenters. The predicted molar refractivity (Wildman–Crippen MR) is 91.4 cm³/mol. The maximum Gasteiger partial charge on any atom is 0.407 e. The van der Waals surface area contributed by atoms with Crippen LogP contribution in [-0.4, -0.2) is 27.5 Å². The Hall–Kier alpha value is -1.72. The van der Waals surface area contributed by atoms with Gasteiger partial charge in [-0.25, -0.2) is 9.48 Å². The van der Waals surface area contributed by atoms with E-state index in [1.807, 2.05) is 31.5 Å². The van der Waals surface area contributed by atoms with E-state index in [4.69, 9.17) is 10.5 Å². The lowest BCUT2D eigenvalue weighted by Crippen LogP contribution is -2.37. The van der Waals surface area contributed by atoms with Crippen LogP contribution in [0.15, 0.2) is 6.07 Å². The van der Waals surface area contributed by atoms with Crippen LogP contribution in [0.1, 0.15) is 72.4 Å². The van der Waals surface area contributed by atoms with Crippen molar-refractivity contribution >= 4 is 11.9 Å². The second kappa shape index (κ2) is 6.06. The van der Waals surface area contributed by atoms with Gasteiger partial charge in [0.05, 0.1) is 11.2 Å².